The van der Waals surface area contributed by atoms with Gasteiger partial charge in [0.15, 0.2) is 0 Å². The molecule has 0 fully saturated rings. The van der Waals surface area contributed by atoms with Crippen LogP contribution >= 0.6 is 35.3 Å². The van der Waals surface area contributed by atoms with Gasteiger partial charge in [-0.05, 0) is 44.9 Å². The molecule has 0 radical (unpaired) electrons. The summed E-state index contributed by atoms with van der Waals surface area (Å²) in [5.41, 5.74) is 0.310. The van der Waals surface area contributed by atoms with Gasteiger partial charge in [0.05, 0.1) is 52.3 Å². The van der Waals surface area contributed by atoms with Gasteiger partial charge in [0.25, 0.3) is 0 Å². The van der Waals surface area contributed by atoms with Crippen molar-refractivity contribution in [3.8, 4) is 5.75 Å². The van der Waals surface area contributed by atoms with Crippen molar-refractivity contribution in [2.45, 2.75) is 50.2 Å². The molecular formula is C31H35NO10S3. The molecule has 14 heteroatoms. The van der Waals surface area contributed by atoms with E-state index in [9.17, 15) is 24.0 Å². The Morgan fingerprint density at radius 3 is 1.76 bits per heavy atom. The van der Waals surface area contributed by atoms with Crippen LogP contribution < -0.4 is 9.64 Å². The largest absolute Gasteiger partial charge is 0.497 e. The molecule has 0 aliphatic carbocycles. The Hall–Kier alpha value is -3.36. The number of esters is 4. The molecule has 3 aliphatic heterocycles. The Bertz CT molecular complexity index is 1540. The second kappa shape index (κ2) is 13.2. The fourth-order valence-corrected chi connectivity index (χ4v) is 10.7. The molecule has 1 aromatic rings. The highest BCUT2D eigenvalue weighted by molar-refractivity contribution is 8.26. The van der Waals surface area contributed by atoms with Crippen LogP contribution in [0.1, 0.15) is 46.1 Å². The first-order valence-electron chi connectivity index (χ1n) is 14.0. The van der Waals surface area contributed by atoms with Crippen molar-refractivity contribution in [2.75, 3.05) is 40.4 Å². The summed E-state index contributed by atoms with van der Waals surface area (Å²) < 4.78 is 24.4. The van der Waals surface area contributed by atoms with Crippen LogP contribution in [0.25, 0.3) is 5.57 Å². The van der Waals surface area contributed by atoms with E-state index >= 15 is 0 Å². The molecule has 0 saturated heterocycles. The molecule has 242 valence electrons. The minimum absolute atomic E-state index is 0.104. The van der Waals surface area contributed by atoms with E-state index in [1.807, 2.05) is 27.7 Å². The average Bonchev–Trinajstić information content (AvgIpc) is 3.43. The maximum absolute atomic E-state index is 14.3. The molecule has 0 bridgehead atoms. The summed E-state index contributed by atoms with van der Waals surface area (Å²) >= 11 is 2.75. The van der Waals surface area contributed by atoms with Crippen LogP contribution in [0.4, 0.5) is 5.69 Å². The summed E-state index contributed by atoms with van der Waals surface area (Å²) in [4.78, 5) is 69.8. The van der Waals surface area contributed by atoms with Crippen molar-refractivity contribution in [3.05, 3.63) is 49.0 Å². The van der Waals surface area contributed by atoms with Gasteiger partial charge >= 0.3 is 23.9 Å². The summed E-state index contributed by atoms with van der Waals surface area (Å²) in [5, 5.41) is 0. The summed E-state index contributed by atoms with van der Waals surface area (Å²) in [6.45, 7) is 7.62. The number of ether oxygens (including phenoxy) is 5. The number of hydrogen-bond acceptors (Lipinski definition) is 13. The highest BCUT2D eigenvalue weighted by Crippen LogP contribution is 2.71. The zero-order chi connectivity index (χ0) is 33.4. The SMILES string of the molecule is CCC(CC)C(=O)N1c2ccc(OC)cc2C2=C(SC(C(=O)OC)=C(C(=O)OC)C23SC(C(=O)OC)=C(C(=O)OC)S3)C1(C)C. The third-order valence-corrected chi connectivity index (χ3v) is 12.6. The van der Waals surface area contributed by atoms with E-state index in [2.05, 4.69) is 0 Å². The van der Waals surface area contributed by atoms with Gasteiger partial charge < -0.3 is 28.6 Å². The molecule has 45 heavy (non-hydrogen) atoms. The topological polar surface area (TPSA) is 135 Å². The second-order valence-corrected chi connectivity index (χ2v) is 14.3. The predicted octanol–water partition coefficient (Wildman–Crippen LogP) is 5.05. The van der Waals surface area contributed by atoms with Crippen LogP contribution in [0.2, 0.25) is 0 Å². The van der Waals surface area contributed by atoms with Crippen LogP contribution in [0.15, 0.2) is 43.4 Å². The van der Waals surface area contributed by atoms with E-state index in [0.29, 0.717) is 40.3 Å². The minimum Gasteiger partial charge on any atom is -0.497 e. The number of fused-ring (bicyclic) bond motifs is 3. The lowest BCUT2D eigenvalue weighted by Crippen LogP contribution is -2.55. The van der Waals surface area contributed by atoms with Gasteiger partial charge in [0.1, 0.15) is 24.5 Å². The van der Waals surface area contributed by atoms with Gasteiger partial charge in [0, 0.05) is 22.0 Å². The number of anilines is 1. The van der Waals surface area contributed by atoms with E-state index in [1.54, 1.807) is 23.1 Å². The fraction of sp³-hybridized carbons (Fsp3) is 0.452. The number of methoxy groups -OCH3 is 5. The van der Waals surface area contributed by atoms with Crippen LogP contribution in [-0.4, -0.2) is 75.0 Å². The molecular weight excluding hydrogens is 643 g/mol. The summed E-state index contributed by atoms with van der Waals surface area (Å²) in [5.74, 6) is -3.32. The van der Waals surface area contributed by atoms with Gasteiger partial charge in [-0.15, -0.1) is 0 Å². The Labute approximate surface area is 274 Å². The number of thioether (sulfide) groups is 3. The first-order valence-corrected chi connectivity index (χ1v) is 16.4. The van der Waals surface area contributed by atoms with E-state index in [0.717, 1.165) is 35.3 Å². The van der Waals surface area contributed by atoms with Crippen molar-refractivity contribution >= 4 is 76.3 Å². The number of benzene rings is 1. The zero-order valence-corrected chi connectivity index (χ0v) is 28.9. The van der Waals surface area contributed by atoms with Crippen molar-refractivity contribution < 1.29 is 47.7 Å². The summed E-state index contributed by atoms with van der Waals surface area (Å²) in [6, 6.07) is 5.25. The molecule has 1 amide bonds. The Kier molecular flexibility index (Phi) is 10.1. The number of carbonyl (C=O) groups excluding carboxylic acids is 5. The first kappa shape index (κ1) is 34.5. The van der Waals surface area contributed by atoms with Crippen LogP contribution in [-0.2, 0) is 42.9 Å². The molecule has 1 spiro atoms. The maximum atomic E-state index is 14.3. The van der Waals surface area contributed by atoms with Crippen molar-refractivity contribution in [2.24, 2.45) is 5.92 Å². The Balaban J connectivity index is 2.19. The maximum Gasteiger partial charge on any atom is 0.345 e. The van der Waals surface area contributed by atoms with E-state index in [-0.39, 0.29) is 32.1 Å². The molecule has 0 N–H and O–H groups in total. The smallest absolute Gasteiger partial charge is 0.345 e. The average molecular weight is 678 g/mol. The minimum atomic E-state index is -1.66. The first-order chi connectivity index (χ1) is 21.3. The standard InChI is InChI=1S/C31H35NO10S3/c1-10-15(11-2)25(33)32-18-13-12-16(38-5)14-17(18)19-24(30(32,3)4)43-21(27(35)40-7)20(26(34)39-6)31(19)44-22(28(36)41-8)23(45-31)29(37)42-9/h12-15H,10-11H2,1-9H3. The van der Waals surface area contributed by atoms with Gasteiger partial charge in [-0.2, -0.15) is 0 Å². The fourth-order valence-electron chi connectivity index (χ4n) is 5.64. The van der Waals surface area contributed by atoms with Gasteiger partial charge in [-0.1, -0.05) is 49.1 Å². The lowest BCUT2D eigenvalue weighted by Gasteiger charge is -2.51. The lowest BCUT2D eigenvalue weighted by molar-refractivity contribution is -0.138. The quantitative estimate of drug-likeness (QED) is 0.269. The van der Waals surface area contributed by atoms with E-state index in [4.69, 9.17) is 23.7 Å². The number of hydrogen-bond donors (Lipinski definition) is 0. The Morgan fingerprint density at radius 1 is 0.778 bits per heavy atom. The summed E-state index contributed by atoms with van der Waals surface area (Å²) in [7, 11) is 6.20. The number of rotatable bonds is 8. The monoisotopic (exact) mass is 677 g/mol. The number of nitrogens with zero attached hydrogens (tertiary/aromatic N) is 1. The van der Waals surface area contributed by atoms with Gasteiger partial charge in [0.2, 0.25) is 5.91 Å². The third kappa shape index (κ3) is 5.44. The predicted molar refractivity (Wildman–Crippen MR) is 173 cm³/mol. The van der Waals surface area contributed by atoms with E-state index in [1.165, 1.54) is 35.5 Å². The molecule has 4 rings (SSSR count). The normalized spacial score (nSPS) is 18.0. The van der Waals surface area contributed by atoms with Crippen LogP contribution in [0.5, 0.6) is 5.75 Å². The zero-order valence-electron chi connectivity index (χ0n) is 26.5. The second-order valence-electron chi connectivity index (χ2n) is 10.6. The highest BCUT2D eigenvalue weighted by Gasteiger charge is 2.62. The highest BCUT2D eigenvalue weighted by atomic mass is 32.2. The molecule has 0 saturated carbocycles. The number of amides is 1. The van der Waals surface area contributed by atoms with Gasteiger partial charge in [-0.25, -0.2) is 19.2 Å². The third-order valence-electron chi connectivity index (χ3n) is 7.90. The molecule has 11 nitrogen and oxygen atoms in total. The van der Waals surface area contributed by atoms with Crippen molar-refractivity contribution in [1.82, 2.24) is 0 Å². The number of carbonyl (C=O) groups is 5. The molecule has 3 aliphatic rings. The van der Waals surface area contributed by atoms with Crippen molar-refractivity contribution in [1.29, 1.82) is 0 Å². The van der Waals surface area contributed by atoms with Crippen molar-refractivity contribution in [3.63, 3.8) is 0 Å². The van der Waals surface area contributed by atoms with Crippen LogP contribution in [0.3, 0.4) is 0 Å². The molecule has 1 aromatic carbocycles. The lowest BCUT2D eigenvalue weighted by atomic mass is 9.82. The molecule has 3 heterocycles. The van der Waals surface area contributed by atoms with Gasteiger partial charge in [-0.3, -0.25) is 4.79 Å². The van der Waals surface area contributed by atoms with E-state index < -0.39 is 33.5 Å². The summed E-state index contributed by atoms with van der Waals surface area (Å²) in [6.07, 6.45) is 1.22. The van der Waals surface area contributed by atoms with Crippen LogP contribution in [0, 0.1) is 5.92 Å². The molecule has 0 aromatic heterocycles. The Morgan fingerprint density at radius 2 is 1.29 bits per heavy atom. The molecule has 0 unspecified atom stereocenters. The molecule has 0 atom stereocenters.